The summed E-state index contributed by atoms with van der Waals surface area (Å²) in [4.78, 5) is 11.0. The summed E-state index contributed by atoms with van der Waals surface area (Å²) in [5, 5.41) is 0. The Kier molecular flexibility index (Phi) is 6.85. The second-order valence-electron chi connectivity index (χ2n) is 3.05. The summed E-state index contributed by atoms with van der Waals surface area (Å²) >= 11 is 2.06. The number of hydrogen-bond donors (Lipinski definition) is 1. The third-order valence-corrected chi connectivity index (χ3v) is 2.64. The molecule has 90 valence electrons. The van der Waals surface area contributed by atoms with Gasteiger partial charge in [-0.25, -0.2) is 4.39 Å². The Hall–Kier alpha value is -0.400. The molecule has 0 saturated heterocycles. The third kappa shape index (κ3) is 4.23. The van der Waals surface area contributed by atoms with Gasteiger partial charge in [-0.2, -0.15) is 0 Å². The lowest BCUT2D eigenvalue weighted by atomic mass is 10.0. The molecule has 16 heavy (non-hydrogen) atoms. The molecule has 3 nitrogen and oxygen atoms in total. The number of carbonyl (C=O) groups is 1. The van der Waals surface area contributed by atoms with Crippen LogP contribution in [0.5, 0.6) is 0 Å². The summed E-state index contributed by atoms with van der Waals surface area (Å²) in [6, 6.07) is 3.95. The average Bonchev–Trinajstić information content (AvgIpc) is 2.21. The maximum Gasteiger partial charge on any atom is 0.307 e. The van der Waals surface area contributed by atoms with Gasteiger partial charge >= 0.3 is 5.97 Å². The minimum atomic E-state index is -0.660. The predicted octanol–water partition coefficient (Wildman–Crippen LogP) is 2.42. The van der Waals surface area contributed by atoms with Gasteiger partial charge in [-0.3, -0.25) is 4.79 Å². The van der Waals surface area contributed by atoms with Gasteiger partial charge in [-0.1, -0.05) is 0 Å². The van der Waals surface area contributed by atoms with Crippen LogP contribution >= 0.6 is 35.0 Å². The van der Waals surface area contributed by atoms with Crippen molar-refractivity contribution in [3.63, 3.8) is 0 Å². The fourth-order valence-electron chi connectivity index (χ4n) is 1.17. The van der Waals surface area contributed by atoms with Crippen molar-refractivity contribution in [1.29, 1.82) is 0 Å². The van der Waals surface area contributed by atoms with E-state index in [1.165, 1.54) is 13.2 Å². The second kappa shape index (κ2) is 7.03. The Bertz CT molecular complexity index is 376. The van der Waals surface area contributed by atoms with E-state index in [9.17, 15) is 9.18 Å². The zero-order valence-corrected chi connectivity index (χ0v) is 11.5. The second-order valence-corrected chi connectivity index (χ2v) is 4.30. The number of halogens is 3. The molecule has 0 aliphatic rings. The van der Waals surface area contributed by atoms with Crippen LogP contribution in [-0.4, -0.2) is 13.1 Å². The number of rotatable bonds is 3. The standard InChI is InChI=1S/C10H11FINO2.ClH/c1-15-10(14)5-9(13)7-4-6(12)2-3-8(7)11;/h2-4,9H,5,13H2,1H3;1H/t9-;/m1./s1. The van der Waals surface area contributed by atoms with Gasteiger partial charge in [-0.05, 0) is 40.8 Å². The van der Waals surface area contributed by atoms with E-state index in [0.717, 1.165) is 3.57 Å². The summed E-state index contributed by atoms with van der Waals surface area (Å²) < 4.78 is 18.7. The summed E-state index contributed by atoms with van der Waals surface area (Å²) in [6.45, 7) is 0. The Morgan fingerprint density at radius 3 is 2.81 bits per heavy atom. The van der Waals surface area contributed by atoms with Crippen LogP contribution < -0.4 is 5.73 Å². The molecule has 6 heteroatoms. The minimum Gasteiger partial charge on any atom is -0.469 e. The van der Waals surface area contributed by atoms with Crippen molar-refractivity contribution in [1.82, 2.24) is 0 Å². The van der Waals surface area contributed by atoms with Gasteiger partial charge in [0.25, 0.3) is 0 Å². The topological polar surface area (TPSA) is 52.3 Å². The van der Waals surface area contributed by atoms with Crippen LogP contribution in [0.3, 0.4) is 0 Å². The largest absolute Gasteiger partial charge is 0.469 e. The quantitative estimate of drug-likeness (QED) is 0.666. The highest BCUT2D eigenvalue weighted by molar-refractivity contribution is 14.1. The van der Waals surface area contributed by atoms with E-state index < -0.39 is 17.8 Å². The Morgan fingerprint density at radius 2 is 2.25 bits per heavy atom. The van der Waals surface area contributed by atoms with Gasteiger partial charge in [0.15, 0.2) is 0 Å². The normalized spacial score (nSPS) is 11.5. The lowest BCUT2D eigenvalue weighted by Gasteiger charge is -2.11. The first-order valence-electron chi connectivity index (χ1n) is 4.32. The number of methoxy groups -OCH3 is 1. The maximum absolute atomic E-state index is 13.3. The molecule has 0 amide bonds. The van der Waals surface area contributed by atoms with Crippen LogP contribution in [0, 0.1) is 9.39 Å². The van der Waals surface area contributed by atoms with Crippen molar-refractivity contribution in [3.8, 4) is 0 Å². The minimum absolute atomic E-state index is 0. The SMILES string of the molecule is COC(=O)C[C@@H](N)c1cc(I)ccc1F.Cl. The first kappa shape index (κ1) is 15.6. The van der Waals surface area contributed by atoms with Gasteiger partial charge in [0, 0.05) is 15.2 Å². The van der Waals surface area contributed by atoms with E-state index in [0.29, 0.717) is 5.56 Å². The average molecular weight is 360 g/mol. The zero-order chi connectivity index (χ0) is 11.4. The molecule has 1 atom stereocenters. The van der Waals surface area contributed by atoms with Gasteiger partial charge in [0.1, 0.15) is 5.82 Å². The van der Waals surface area contributed by atoms with Crippen molar-refractivity contribution >= 4 is 41.0 Å². The van der Waals surface area contributed by atoms with Crippen molar-refractivity contribution < 1.29 is 13.9 Å². The molecule has 0 aliphatic carbocycles. The van der Waals surface area contributed by atoms with Crippen LogP contribution in [0.15, 0.2) is 18.2 Å². The van der Waals surface area contributed by atoms with E-state index in [4.69, 9.17) is 5.73 Å². The molecular weight excluding hydrogens is 347 g/mol. The summed E-state index contributed by atoms with van der Waals surface area (Å²) in [5.74, 6) is -0.840. The Balaban J connectivity index is 0.00000225. The molecule has 0 heterocycles. The summed E-state index contributed by atoms with van der Waals surface area (Å²) in [6.07, 6.45) is -0.0203. The van der Waals surface area contributed by atoms with E-state index >= 15 is 0 Å². The molecule has 0 bridgehead atoms. The fourth-order valence-corrected chi connectivity index (χ4v) is 1.69. The number of esters is 1. The van der Waals surface area contributed by atoms with Crippen LogP contribution in [0.4, 0.5) is 4.39 Å². The number of carbonyl (C=O) groups excluding carboxylic acids is 1. The molecule has 0 spiro atoms. The number of ether oxygens (including phenoxy) is 1. The van der Waals surface area contributed by atoms with Crippen LogP contribution in [0.25, 0.3) is 0 Å². The van der Waals surface area contributed by atoms with Crippen molar-refractivity contribution in [2.24, 2.45) is 5.73 Å². The molecule has 1 aromatic carbocycles. The number of nitrogens with two attached hydrogens (primary N) is 1. The molecule has 0 fully saturated rings. The lowest BCUT2D eigenvalue weighted by Crippen LogP contribution is -2.17. The molecule has 1 aromatic rings. The molecule has 0 unspecified atom stereocenters. The van der Waals surface area contributed by atoms with E-state index in [1.807, 2.05) is 0 Å². The lowest BCUT2D eigenvalue weighted by molar-refractivity contribution is -0.141. The highest BCUT2D eigenvalue weighted by Crippen LogP contribution is 2.20. The van der Waals surface area contributed by atoms with Gasteiger partial charge in [0.05, 0.1) is 13.5 Å². The molecular formula is C10H12ClFINO2. The third-order valence-electron chi connectivity index (χ3n) is 1.97. The summed E-state index contributed by atoms with van der Waals surface area (Å²) in [7, 11) is 1.28. The van der Waals surface area contributed by atoms with Crippen LogP contribution in [-0.2, 0) is 9.53 Å². The van der Waals surface area contributed by atoms with E-state index in [2.05, 4.69) is 27.3 Å². The van der Waals surface area contributed by atoms with Crippen molar-refractivity contribution in [2.45, 2.75) is 12.5 Å². The van der Waals surface area contributed by atoms with Gasteiger partial charge in [0.2, 0.25) is 0 Å². The predicted molar refractivity (Wildman–Crippen MR) is 69.9 cm³/mol. The molecule has 0 saturated carbocycles. The van der Waals surface area contributed by atoms with Crippen LogP contribution in [0.1, 0.15) is 18.0 Å². The molecule has 0 aliphatic heterocycles. The molecule has 0 radical (unpaired) electrons. The number of hydrogen-bond acceptors (Lipinski definition) is 3. The number of benzene rings is 1. The fraction of sp³-hybridized carbons (Fsp3) is 0.300. The van der Waals surface area contributed by atoms with Gasteiger partial charge < -0.3 is 10.5 Å². The van der Waals surface area contributed by atoms with Gasteiger partial charge in [-0.15, -0.1) is 12.4 Å². The highest BCUT2D eigenvalue weighted by Gasteiger charge is 2.15. The van der Waals surface area contributed by atoms with E-state index in [1.54, 1.807) is 12.1 Å². The van der Waals surface area contributed by atoms with Crippen molar-refractivity contribution in [2.75, 3.05) is 7.11 Å². The molecule has 0 aromatic heterocycles. The maximum atomic E-state index is 13.3. The molecule has 2 N–H and O–H groups in total. The first-order chi connectivity index (χ1) is 7.04. The highest BCUT2D eigenvalue weighted by atomic mass is 127. The van der Waals surface area contributed by atoms with Crippen molar-refractivity contribution in [3.05, 3.63) is 33.1 Å². The monoisotopic (exact) mass is 359 g/mol. The molecule has 1 rings (SSSR count). The van der Waals surface area contributed by atoms with E-state index in [-0.39, 0.29) is 18.8 Å². The zero-order valence-electron chi connectivity index (χ0n) is 8.57. The smallest absolute Gasteiger partial charge is 0.307 e. The first-order valence-corrected chi connectivity index (χ1v) is 5.40. The Morgan fingerprint density at radius 1 is 1.62 bits per heavy atom. The van der Waals surface area contributed by atoms with Crippen LogP contribution in [0.2, 0.25) is 0 Å². The summed E-state index contributed by atoms with van der Waals surface area (Å²) in [5.41, 5.74) is 6.04. The Labute approximate surface area is 113 Å².